The van der Waals surface area contributed by atoms with Crippen molar-refractivity contribution >= 4 is 5.97 Å². The summed E-state index contributed by atoms with van der Waals surface area (Å²) in [6.45, 7) is 3.39. The van der Waals surface area contributed by atoms with Crippen LogP contribution < -0.4 is 5.73 Å². The van der Waals surface area contributed by atoms with Crippen molar-refractivity contribution in [2.24, 2.45) is 5.73 Å². The van der Waals surface area contributed by atoms with Gasteiger partial charge in [0.05, 0.1) is 0 Å². The summed E-state index contributed by atoms with van der Waals surface area (Å²) in [6, 6.07) is 0. The number of allylic oxidation sites excluding steroid dienone is 3. The predicted molar refractivity (Wildman–Crippen MR) is 39.3 cm³/mol. The van der Waals surface area contributed by atoms with Crippen molar-refractivity contribution in [3.8, 4) is 0 Å². The zero-order chi connectivity index (χ0) is 8.15. The second-order valence-corrected chi connectivity index (χ2v) is 2.11. The molecule has 0 saturated carbocycles. The molecule has 0 aromatic carbocycles. The summed E-state index contributed by atoms with van der Waals surface area (Å²) in [5.74, 6) is -0.949. The lowest BCUT2D eigenvalue weighted by Gasteiger charge is -1.90. The zero-order valence-electron chi connectivity index (χ0n) is 6.09. The normalized spacial score (nSPS) is 13.4. The van der Waals surface area contributed by atoms with E-state index in [4.69, 9.17) is 10.8 Å². The van der Waals surface area contributed by atoms with Crippen LogP contribution in [0.5, 0.6) is 0 Å². The Hall–Kier alpha value is -1.25. The van der Waals surface area contributed by atoms with E-state index in [9.17, 15) is 4.79 Å². The van der Waals surface area contributed by atoms with E-state index in [0.717, 1.165) is 6.08 Å². The van der Waals surface area contributed by atoms with Crippen LogP contribution >= 0.6 is 0 Å². The number of carboxylic acid groups (broad SMARTS) is 1. The van der Waals surface area contributed by atoms with Gasteiger partial charge in [0.2, 0.25) is 0 Å². The Labute approximate surface area is 59.8 Å². The number of hydrogen-bond donors (Lipinski definition) is 2. The quantitative estimate of drug-likeness (QED) is 0.443. The van der Waals surface area contributed by atoms with Crippen LogP contribution in [0, 0.1) is 0 Å². The molecule has 0 aliphatic carbocycles. The highest BCUT2D eigenvalue weighted by Crippen LogP contribution is 1.95. The molecule has 3 N–H and O–H groups in total. The molecule has 0 aliphatic heterocycles. The Morgan fingerprint density at radius 1 is 1.40 bits per heavy atom. The van der Waals surface area contributed by atoms with Gasteiger partial charge in [-0.05, 0) is 25.5 Å². The van der Waals surface area contributed by atoms with E-state index in [2.05, 4.69) is 0 Å². The number of aliphatic carboxylic acids is 1. The van der Waals surface area contributed by atoms with Gasteiger partial charge < -0.3 is 10.8 Å². The Kier molecular flexibility index (Phi) is 3.25. The molecule has 56 valence electrons. The fourth-order valence-corrected chi connectivity index (χ4v) is 0.596. The van der Waals surface area contributed by atoms with Crippen LogP contribution in [0.25, 0.3) is 0 Å². The summed E-state index contributed by atoms with van der Waals surface area (Å²) in [5, 5.41) is 8.25. The van der Waals surface area contributed by atoms with Crippen molar-refractivity contribution in [1.29, 1.82) is 0 Å². The van der Waals surface area contributed by atoms with Crippen LogP contribution in [-0.4, -0.2) is 11.1 Å². The highest BCUT2D eigenvalue weighted by Gasteiger charge is 1.89. The van der Waals surface area contributed by atoms with Gasteiger partial charge in [-0.1, -0.05) is 0 Å². The minimum Gasteiger partial charge on any atom is -0.478 e. The van der Waals surface area contributed by atoms with Crippen molar-refractivity contribution in [3.05, 3.63) is 23.4 Å². The maximum atomic E-state index is 10.0. The summed E-state index contributed by atoms with van der Waals surface area (Å²) < 4.78 is 0. The van der Waals surface area contributed by atoms with Gasteiger partial charge in [-0.15, -0.1) is 0 Å². The molecule has 3 nitrogen and oxygen atoms in total. The van der Waals surface area contributed by atoms with Gasteiger partial charge in [0.15, 0.2) is 0 Å². The number of hydrogen-bond acceptors (Lipinski definition) is 2. The summed E-state index contributed by atoms with van der Waals surface area (Å²) in [7, 11) is 0. The van der Waals surface area contributed by atoms with Crippen LogP contribution in [-0.2, 0) is 4.79 Å². The van der Waals surface area contributed by atoms with Gasteiger partial charge in [-0.25, -0.2) is 4.79 Å². The molecule has 0 rings (SSSR count). The van der Waals surface area contributed by atoms with Crippen LogP contribution in [0.2, 0.25) is 0 Å². The van der Waals surface area contributed by atoms with Crippen molar-refractivity contribution in [2.45, 2.75) is 13.8 Å². The van der Waals surface area contributed by atoms with Crippen LogP contribution in [0.4, 0.5) is 0 Å². The van der Waals surface area contributed by atoms with E-state index in [1.165, 1.54) is 0 Å². The number of carboxylic acids is 1. The van der Waals surface area contributed by atoms with E-state index in [0.29, 0.717) is 11.3 Å². The van der Waals surface area contributed by atoms with Gasteiger partial charge in [-0.2, -0.15) is 0 Å². The molecule has 0 heterocycles. The molecule has 0 fully saturated rings. The van der Waals surface area contributed by atoms with Crippen molar-refractivity contribution in [3.63, 3.8) is 0 Å². The lowest BCUT2D eigenvalue weighted by Crippen LogP contribution is -1.92. The first-order valence-corrected chi connectivity index (χ1v) is 2.87. The first kappa shape index (κ1) is 8.75. The SMILES string of the molecule is CC(N)=CC(C)=CC(=O)O. The molecule has 0 aromatic heterocycles. The number of rotatable bonds is 2. The summed E-state index contributed by atoms with van der Waals surface area (Å²) >= 11 is 0. The average Bonchev–Trinajstić information content (AvgIpc) is 1.58. The lowest BCUT2D eigenvalue weighted by atomic mass is 10.2. The number of carbonyl (C=O) groups is 1. The van der Waals surface area contributed by atoms with E-state index < -0.39 is 5.97 Å². The fraction of sp³-hybridized carbons (Fsp3) is 0.286. The summed E-state index contributed by atoms with van der Waals surface area (Å²) in [6.07, 6.45) is 2.71. The summed E-state index contributed by atoms with van der Waals surface area (Å²) in [4.78, 5) is 10.0. The van der Waals surface area contributed by atoms with Crippen molar-refractivity contribution < 1.29 is 9.90 Å². The zero-order valence-corrected chi connectivity index (χ0v) is 6.09. The van der Waals surface area contributed by atoms with Crippen LogP contribution in [0.3, 0.4) is 0 Å². The molecule has 0 amide bonds. The number of nitrogens with two attached hydrogens (primary N) is 1. The average molecular weight is 141 g/mol. The molecule has 0 atom stereocenters. The van der Waals surface area contributed by atoms with Gasteiger partial charge >= 0.3 is 5.97 Å². The predicted octanol–water partition coefficient (Wildman–Crippen LogP) is 0.880. The van der Waals surface area contributed by atoms with E-state index in [-0.39, 0.29) is 0 Å². The second kappa shape index (κ2) is 3.71. The smallest absolute Gasteiger partial charge is 0.328 e. The molecular formula is C7H11NO2. The molecule has 0 radical (unpaired) electrons. The van der Waals surface area contributed by atoms with E-state index >= 15 is 0 Å². The van der Waals surface area contributed by atoms with Gasteiger partial charge in [0, 0.05) is 11.8 Å². The minimum absolute atomic E-state index is 0.606. The minimum atomic E-state index is -0.949. The molecular weight excluding hydrogens is 130 g/mol. The highest BCUT2D eigenvalue weighted by atomic mass is 16.4. The molecule has 0 unspecified atom stereocenters. The van der Waals surface area contributed by atoms with E-state index in [1.807, 2.05) is 0 Å². The topological polar surface area (TPSA) is 63.3 Å². The Bertz CT molecular complexity index is 188. The first-order chi connectivity index (χ1) is 4.52. The molecule has 10 heavy (non-hydrogen) atoms. The Balaban J connectivity index is 4.22. The maximum absolute atomic E-state index is 10.0. The first-order valence-electron chi connectivity index (χ1n) is 2.87. The van der Waals surface area contributed by atoms with Crippen LogP contribution in [0.15, 0.2) is 23.4 Å². The largest absolute Gasteiger partial charge is 0.478 e. The van der Waals surface area contributed by atoms with Crippen molar-refractivity contribution in [1.82, 2.24) is 0 Å². The van der Waals surface area contributed by atoms with E-state index in [1.54, 1.807) is 19.9 Å². The monoisotopic (exact) mass is 141 g/mol. The third kappa shape index (κ3) is 4.90. The molecule has 0 spiro atoms. The third-order valence-corrected chi connectivity index (χ3v) is 0.806. The van der Waals surface area contributed by atoms with Crippen molar-refractivity contribution in [2.75, 3.05) is 0 Å². The van der Waals surface area contributed by atoms with Crippen LogP contribution in [0.1, 0.15) is 13.8 Å². The van der Waals surface area contributed by atoms with Gasteiger partial charge in [0.1, 0.15) is 0 Å². The lowest BCUT2D eigenvalue weighted by molar-refractivity contribution is -0.131. The Morgan fingerprint density at radius 3 is 2.20 bits per heavy atom. The second-order valence-electron chi connectivity index (χ2n) is 2.11. The molecule has 0 bridgehead atoms. The standard InChI is InChI=1S/C7H11NO2/c1-5(3-6(2)8)4-7(9)10/h3-4H,8H2,1-2H3,(H,9,10). The Morgan fingerprint density at radius 2 is 1.90 bits per heavy atom. The fourth-order valence-electron chi connectivity index (χ4n) is 0.596. The summed E-state index contributed by atoms with van der Waals surface area (Å²) in [5.41, 5.74) is 6.55. The molecule has 0 aromatic rings. The van der Waals surface area contributed by atoms with Gasteiger partial charge in [-0.3, -0.25) is 0 Å². The molecule has 3 heteroatoms. The third-order valence-electron chi connectivity index (χ3n) is 0.806. The molecule has 0 saturated heterocycles. The van der Waals surface area contributed by atoms with Gasteiger partial charge in [0.25, 0.3) is 0 Å². The highest BCUT2D eigenvalue weighted by molar-refractivity contribution is 5.81. The molecule has 0 aliphatic rings. The maximum Gasteiger partial charge on any atom is 0.328 e.